The minimum atomic E-state index is -4.65. The lowest BCUT2D eigenvalue weighted by molar-refractivity contribution is -0.274. The SMILES string of the molecule is FC(F)(F)Oc1ccc(CN2CCN(c3ccncn3)CC2)cc1. The number of halogens is 3. The van der Waals surface area contributed by atoms with Crippen LogP contribution in [0, 0.1) is 0 Å². The molecule has 1 aromatic heterocycles. The highest BCUT2D eigenvalue weighted by Gasteiger charge is 2.31. The number of anilines is 1. The van der Waals surface area contributed by atoms with E-state index in [1.165, 1.54) is 18.5 Å². The largest absolute Gasteiger partial charge is 0.573 e. The first-order chi connectivity index (χ1) is 11.5. The minimum Gasteiger partial charge on any atom is -0.406 e. The summed E-state index contributed by atoms with van der Waals surface area (Å²) in [6.45, 7) is 4.14. The van der Waals surface area contributed by atoms with Crippen LogP contribution in [-0.2, 0) is 6.54 Å². The molecule has 128 valence electrons. The lowest BCUT2D eigenvalue weighted by Crippen LogP contribution is -2.46. The number of rotatable bonds is 4. The summed E-state index contributed by atoms with van der Waals surface area (Å²) in [7, 11) is 0. The maximum Gasteiger partial charge on any atom is 0.573 e. The molecule has 0 radical (unpaired) electrons. The van der Waals surface area contributed by atoms with Crippen LogP contribution in [0.1, 0.15) is 5.56 Å². The third kappa shape index (κ3) is 4.58. The van der Waals surface area contributed by atoms with E-state index in [1.54, 1.807) is 18.3 Å². The standard InChI is InChI=1S/C16H17F3N4O/c17-16(18,19)24-14-3-1-13(2-4-14)11-22-7-9-23(10-8-22)15-5-6-20-12-21-15/h1-6,12H,7-11H2. The molecular weight excluding hydrogens is 321 g/mol. The number of aromatic nitrogens is 2. The van der Waals surface area contributed by atoms with E-state index in [0.717, 1.165) is 37.6 Å². The summed E-state index contributed by atoms with van der Waals surface area (Å²) in [5.74, 6) is 0.720. The molecule has 0 saturated carbocycles. The normalized spacial score (nSPS) is 16.2. The van der Waals surface area contributed by atoms with Crippen molar-refractivity contribution >= 4 is 5.82 Å². The zero-order chi connectivity index (χ0) is 17.0. The first-order valence-corrected chi connectivity index (χ1v) is 7.58. The Kier molecular flexibility index (Phi) is 4.84. The lowest BCUT2D eigenvalue weighted by atomic mass is 10.2. The van der Waals surface area contributed by atoms with Gasteiger partial charge in [0, 0.05) is 38.9 Å². The second-order valence-corrected chi connectivity index (χ2v) is 5.52. The molecule has 24 heavy (non-hydrogen) atoms. The van der Waals surface area contributed by atoms with Gasteiger partial charge in [0.15, 0.2) is 0 Å². The third-order valence-electron chi connectivity index (χ3n) is 3.83. The first kappa shape index (κ1) is 16.5. The fraction of sp³-hybridized carbons (Fsp3) is 0.375. The van der Waals surface area contributed by atoms with E-state index < -0.39 is 6.36 Å². The van der Waals surface area contributed by atoms with Crippen molar-refractivity contribution < 1.29 is 17.9 Å². The van der Waals surface area contributed by atoms with Gasteiger partial charge < -0.3 is 9.64 Å². The summed E-state index contributed by atoms with van der Waals surface area (Å²) < 4.78 is 40.3. The average Bonchev–Trinajstić information content (AvgIpc) is 2.57. The van der Waals surface area contributed by atoms with E-state index in [2.05, 4.69) is 24.5 Å². The molecule has 3 rings (SSSR count). The molecule has 1 fully saturated rings. The van der Waals surface area contributed by atoms with Crippen LogP contribution in [0.25, 0.3) is 0 Å². The number of nitrogens with zero attached hydrogens (tertiary/aromatic N) is 4. The monoisotopic (exact) mass is 338 g/mol. The van der Waals surface area contributed by atoms with Crippen LogP contribution in [0.3, 0.4) is 0 Å². The van der Waals surface area contributed by atoms with Gasteiger partial charge in [-0.25, -0.2) is 9.97 Å². The zero-order valence-corrected chi connectivity index (χ0v) is 12.9. The molecule has 0 amide bonds. The minimum absolute atomic E-state index is 0.195. The maximum atomic E-state index is 12.1. The Balaban J connectivity index is 1.51. The van der Waals surface area contributed by atoms with Crippen molar-refractivity contribution in [3.8, 4) is 5.75 Å². The Morgan fingerprint density at radius 3 is 2.29 bits per heavy atom. The van der Waals surface area contributed by atoms with Crippen LogP contribution in [0.15, 0.2) is 42.9 Å². The highest BCUT2D eigenvalue weighted by atomic mass is 19.4. The maximum absolute atomic E-state index is 12.1. The summed E-state index contributed by atoms with van der Waals surface area (Å²) in [6, 6.07) is 7.91. The molecule has 0 bridgehead atoms. The number of hydrogen-bond acceptors (Lipinski definition) is 5. The number of alkyl halides is 3. The van der Waals surface area contributed by atoms with Gasteiger partial charge in [0.2, 0.25) is 0 Å². The number of benzene rings is 1. The molecule has 1 aliphatic heterocycles. The van der Waals surface area contributed by atoms with E-state index in [9.17, 15) is 13.2 Å². The smallest absolute Gasteiger partial charge is 0.406 e. The van der Waals surface area contributed by atoms with E-state index in [1.807, 2.05) is 6.07 Å². The van der Waals surface area contributed by atoms with E-state index in [0.29, 0.717) is 6.54 Å². The molecule has 0 atom stereocenters. The van der Waals surface area contributed by atoms with Gasteiger partial charge in [0.1, 0.15) is 17.9 Å². The van der Waals surface area contributed by atoms with Crippen molar-refractivity contribution in [2.45, 2.75) is 12.9 Å². The molecule has 0 aliphatic carbocycles. The van der Waals surface area contributed by atoms with Crippen molar-refractivity contribution in [3.05, 3.63) is 48.4 Å². The molecule has 1 aromatic carbocycles. The van der Waals surface area contributed by atoms with E-state index in [4.69, 9.17) is 0 Å². The van der Waals surface area contributed by atoms with Crippen LogP contribution in [-0.4, -0.2) is 47.4 Å². The summed E-state index contributed by atoms with van der Waals surface area (Å²) in [6.07, 6.45) is -1.40. The van der Waals surface area contributed by atoms with Crippen molar-refractivity contribution in [1.82, 2.24) is 14.9 Å². The van der Waals surface area contributed by atoms with Gasteiger partial charge in [-0.3, -0.25) is 4.90 Å². The van der Waals surface area contributed by atoms with Gasteiger partial charge in [0.25, 0.3) is 0 Å². The van der Waals surface area contributed by atoms with E-state index >= 15 is 0 Å². The highest BCUT2D eigenvalue weighted by molar-refractivity contribution is 5.37. The van der Waals surface area contributed by atoms with Crippen LogP contribution < -0.4 is 9.64 Å². The van der Waals surface area contributed by atoms with Crippen molar-refractivity contribution in [2.24, 2.45) is 0 Å². The Labute approximate surface area is 137 Å². The van der Waals surface area contributed by atoms with Gasteiger partial charge in [-0.05, 0) is 23.8 Å². The molecule has 2 heterocycles. The van der Waals surface area contributed by atoms with Crippen LogP contribution in [0.5, 0.6) is 5.75 Å². The Hall–Kier alpha value is -2.35. The van der Waals surface area contributed by atoms with Crippen LogP contribution in [0.4, 0.5) is 19.0 Å². The van der Waals surface area contributed by atoms with Gasteiger partial charge in [-0.2, -0.15) is 0 Å². The predicted molar refractivity (Wildman–Crippen MR) is 82.6 cm³/mol. The van der Waals surface area contributed by atoms with Crippen molar-refractivity contribution in [2.75, 3.05) is 31.1 Å². The fourth-order valence-corrected chi connectivity index (χ4v) is 2.66. The fourth-order valence-electron chi connectivity index (χ4n) is 2.66. The van der Waals surface area contributed by atoms with Crippen LogP contribution in [0.2, 0.25) is 0 Å². The Morgan fingerprint density at radius 2 is 1.71 bits per heavy atom. The summed E-state index contributed by atoms with van der Waals surface area (Å²) in [5.41, 5.74) is 0.958. The second-order valence-electron chi connectivity index (χ2n) is 5.52. The first-order valence-electron chi connectivity index (χ1n) is 7.58. The average molecular weight is 338 g/mol. The molecule has 0 unspecified atom stereocenters. The Morgan fingerprint density at radius 1 is 1.00 bits per heavy atom. The molecule has 1 saturated heterocycles. The van der Waals surface area contributed by atoms with Gasteiger partial charge in [-0.15, -0.1) is 13.2 Å². The summed E-state index contributed by atoms with van der Waals surface area (Å²) >= 11 is 0. The summed E-state index contributed by atoms with van der Waals surface area (Å²) in [4.78, 5) is 12.6. The number of ether oxygens (including phenoxy) is 1. The highest BCUT2D eigenvalue weighted by Crippen LogP contribution is 2.23. The molecule has 2 aromatic rings. The van der Waals surface area contributed by atoms with Gasteiger partial charge >= 0.3 is 6.36 Å². The van der Waals surface area contributed by atoms with Crippen molar-refractivity contribution in [3.63, 3.8) is 0 Å². The molecule has 8 heteroatoms. The Bertz CT molecular complexity index is 641. The molecule has 5 nitrogen and oxygen atoms in total. The van der Waals surface area contributed by atoms with Crippen molar-refractivity contribution in [1.29, 1.82) is 0 Å². The molecule has 0 N–H and O–H groups in total. The van der Waals surface area contributed by atoms with Gasteiger partial charge in [-0.1, -0.05) is 12.1 Å². The third-order valence-corrected chi connectivity index (χ3v) is 3.83. The predicted octanol–water partition coefficient (Wildman–Crippen LogP) is 2.70. The van der Waals surface area contributed by atoms with Gasteiger partial charge in [0.05, 0.1) is 0 Å². The second kappa shape index (κ2) is 7.04. The summed E-state index contributed by atoms with van der Waals surface area (Å²) in [5, 5.41) is 0. The quantitative estimate of drug-likeness (QED) is 0.857. The number of piperazine rings is 1. The molecule has 1 aliphatic rings. The molecule has 0 spiro atoms. The van der Waals surface area contributed by atoms with Crippen LogP contribution >= 0.6 is 0 Å². The zero-order valence-electron chi connectivity index (χ0n) is 12.9. The van der Waals surface area contributed by atoms with E-state index in [-0.39, 0.29) is 5.75 Å². The molecular formula is C16H17F3N4O. The topological polar surface area (TPSA) is 41.5 Å². The number of hydrogen-bond donors (Lipinski definition) is 0. The lowest BCUT2D eigenvalue weighted by Gasteiger charge is -2.35.